The molecular formula is C31H21NOS. The predicted molar refractivity (Wildman–Crippen MR) is 146 cm³/mol. The number of fused-ring (bicyclic) bond motifs is 10. The molecule has 0 aliphatic heterocycles. The topological polar surface area (TPSA) is 32.9 Å². The van der Waals surface area contributed by atoms with E-state index in [4.69, 9.17) is 0 Å². The molecule has 6 aromatic carbocycles. The molecule has 0 fully saturated rings. The van der Waals surface area contributed by atoms with Crippen LogP contribution in [0.3, 0.4) is 0 Å². The third kappa shape index (κ3) is 2.65. The minimum atomic E-state index is -1.08. The van der Waals surface area contributed by atoms with Gasteiger partial charge in [-0.15, -0.1) is 0 Å². The SMILES string of the molecule is CS(=O)c1ccccc1-c1cc2c3ccccc3c3[nH]c4ccccc4c3c2c2ccccc12. The van der Waals surface area contributed by atoms with Gasteiger partial charge in [0.25, 0.3) is 0 Å². The summed E-state index contributed by atoms with van der Waals surface area (Å²) >= 11 is 0. The Morgan fingerprint density at radius 1 is 0.559 bits per heavy atom. The summed E-state index contributed by atoms with van der Waals surface area (Å²) in [5, 5.41) is 9.81. The number of rotatable bonds is 2. The second-order valence-electron chi connectivity index (χ2n) is 8.81. The standard InChI is InChI=1S/C31H21NOS/c1-34(33)28-17-9-7-12-21(28)25-18-26-20-11-3-5-14-23(20)31-30(24-15-6-8-16-27(24)32-31)29(26)22-13-4-2-10-19(22)25/h2-18,32H,1H3. The molecule has 0 bridgehead atoms. The quantitative estimate of drug-likeness (QED) is 0.262. The zero-order chi connectivity index (χ0) is 22.8. The summed E-state index contributed by atoms with van der Waals surface area (Å²) < 4.78 is 12.6. The number of hydrogen-bond acceptors (Lipinski definition) is 1. The van der Waals surface area contributed by atoms with Gasteiger partial charge in [0, 0.05) is 38.2 Å². The van der Waals surface area contributed by atoms with Crippen LogP contribution in [0.4, 0.5) is 0 Å². The summed E-state index contributed by atoms with van der Waals surface area (Å²) in [6.07, 6.45) is 1.76. The van der Waals surface area contributed by atoms with E-state index in [1.54, 1.807) is 6.26 Å². The monoisotopic (exact) mass is 455 g/mol. The van der Waals surface area contributed by atoms with E-state index >= 15 is 0 Å². The van der Waals surface area contributed by atoms with Crippen LogP contribution in [0, 0.1) is 0 Å². The molecule has 3 heteroatoms. The number of nitrogens with one attached hydrogen (secondary N) is 1. The molecule has 7 rings (SSSR count). The summed E-state index contributed by atoms with van der Waals surface area (Å²) in [6, 6.07) is 36.2. The second kappa shape index (κ2) is 7.28. The highest BCUT2D eigenvalue weighted by Crippen LogP contribution is 2.45. The molecule has 0 aliphatic carbocycles. The highest BCUT2D eigenvalue weighted by molar-refractivity contribution is 7.84. The molecule has 1 atom stereocenters. The molecular weight excluding hydrogens is 434 g/mol. The molecule has 0 spiro atoms. The minimum Gasteiger partial charge on any atom is -0.354 e. The number of para-hydroxylation sites is 1. The molecule has 0 radical (unpaired) electrons. The Hall–Kier alpha value is -3.95. The van der Waals surface area contributed by atoms with Crippen LogP contribution >= 0.6 is 0 Å². The lowest BCUT2D eigenvalue weighted by Crippen LogP contribution is -1.94. The lowest BCUT2D eigenvalue weighted by atomic mass is 9.88. The van der Waals surface area contributed by atoms with Crippen molar-refractivity contribution in [3.63, 3.8) is 0 Å². The van der Waals surface area contributed by atoms with Gasteiger partial charge >= 0.3 is 0 Å². The van der Waals surface area contributed by atoms with Crippen LogP contribution in [0.25, 0.3) is 65.3 Å². The smallest absolute Gasteiger partial charge is 0.0551 e. The maximum absolute atomic E-state index is 12.6. The first-order chi connectivity index (χ1) is 16.7. The van der Waals surface area contributed by atoms with Crippen molar-refractivity contribution in [2.24, 2.45) is 0 Å². The van der Waals surface area contributed by atoms with E-state index in [1.807, 2.05) is 18.2 Å². The van der Waals surface area contributed by atoms with Crippen molar-refractivity contribution in [2.75, 3.05) is 6.26 Å². The van der Waals surface area contributed by atoms with Crippen LogP contribution in [0.5, 0.6) is 0 Å². The molecule has 1 N–H and O–H groups in total. The minimum absolute atomic E-state index is 0.865. The Morgan fingerprint density at radius 3 is 1.97 bits per heavy atom. The molecule has 0 amide bonds. The highest BCUT2D eigenvalue weighted by Gasteiger charge is 2.19. The maximum atomic E-state index is 12.6. The molecule has 162 valence electrons. The number of H-pyrrole nitrogens is 1. The van der Waals surface area contributed by atoms with Gasteiger partial charge in [-0.2, -0.15) is 0 Å². The molecule has 0 aliphatic rings. The summed E-state index contributed by atoms with van der Waals surface area (Å²) in [7, 11) is -1.08. The average molecular weight is 456 g/mol. The highest BCUT2D eigenvalue weighted by atomic mass is 32.2. The van der Waals surface area contributed by atoms with Crippen molar-refractivity contribution < 1.29 is 4.21 Å². The molecule has 1 unspecified atom stereocenters. The van der Waals surface area contributed by atoms with Crippen LogP contribution in [0.15, 0.2) is 108 Å². The first-order valence-electron chi connectivity index (χ1n) is 11.4. The Bertz CT molecular complexity index is 1950. The summed E-state index contributed by atoms with van der Waals surface area (Å²) in [5.41, 5.74) is 4.48. The zero-order valence-corrected chi connectivity index (χ0v) is 19.4. The fourth-order valence-corrected chi connectivity index (χ4v) is 6.32. The van der Waals surface area contributed by atoms with Crippen molar-refractivity contribution in [3.05, 3.63) is 103 Å². The number of hydrogen-bond donors (Lipinski definition) is 1. The third-order valence-corrected chi connectivity index (χ3v) is 7.95. The summed E-state index contributed by atoms with van der Waals surface area (Å²) in [6.45, 7) is 0. The lowest BCUT2D eigenvalue weighted by Gasteiger charge is -2.16. The van der Waals surface area contributed by atoms with Gasteiger partial charge in [-0.3, -0.25) is 4.21 Å². The van der Waals surface area contributed by atoms with Crippen LogP contribution < -0.4 is 0 Å². The van der Waals surface area contributed by atoms with Crippen molar-refractivity contribution in [3.8, 4) is 11.1 Å². The van der Waals surface area contributed by atoms with Gasteiger partial charge in [-0.05, 0) is 50.9 Å². The van der Waals surface area contributed by atoms with Crippen molar-refractivity contribution in [1.82, 2.24) is 4.98 Å². The molecule has 0 saturated carbocycles. The molecule has 34 heavy (non-hydrogen) atoms. The fraction of sp³-hybridized carbons (Fsp3) is 0.0323. The molecule has 7 aromatic rings. The van der Waals surface area contributed by atoms with Gasteiger partial charge in [-0.1, -0.05) is 84.9 Å². The van der Waals surface area contributed by atoms with Crippen LogP contribution in [0.1, 0.15) is 0 Å². The first-order valence-corrected chi connectivity index (χ1v) is 13.0. The third-order valence-electron chi connectivity index (χ3n) is 6.97. The number of aromatic nitrogens is 1. The van der Waals surface area contributed by atoms with Crippen LogP contribution in [-0.2, 0) is 10.8 Å². The maximum Gasteiger partial charge on any atom is 0.0551 e. The van der Waals surface area contributed by atoms with E-state index in [-0.39, 0.29) is 0 Å². The van der Waals surface area contributed by atoms with E-state index < -0.39 is 10.8 Å². The van der Waals surface area contributed by atoms with Crippen LogP contribution in [0.2, 0.25) is 0 Å². The zero-order valence-electron chi connectivity index (χ0n) is 18.6. The van der Waals surface area contributed by atoms with Gasteiger partial charge < -0.3 is 4.98 Å². The van der Waals surface area contributed by atoms with Crippen molar-refractivity contribution in [1.29, 1.82) is 0 Å². The fourth-order valence-electron chi connectivity index (χ4n) is 5.56. The summed E-state index contributed by atoms with van der Waals surface area (Å²) in [4.78, 5) is 4.57. The molecule has 1 aromatic heterocycles. The lowest BCUT2D eigenvalue weighted by molar-refractivity contribution is 0.687. The second-order valence-corrected chi connectivity index (χ2v) is 10.2. The van der Waals surface area contributed by atoms with E-state index in [0.717, 1.165) is 21.5 Å². The van der Waals surface area contributed by atoms with E-state index in [1.165, 1.54) is 48.6 Å². The normalized spacial score (nSPS) is 12.9. The van der Waals surface area contributed by atoms with E-state index in [2.05, 4.69) is 89.9 Å². The Balaban J connectivity index is 1.80. The first kappa shape index (κ1) is 19.5. The van der Waals surface area contributed by atoms with Crippen molar-refractivity contribution >= 4 is 64.9 Å². The molecule has 0 saturated heterocycles. The Morgan fingerprint density at radius 2 is 1.18 bits per heavy atom. The van der Waals surface area contributed by atoms with E-state index in [0.29, 0.717) is 0 Å². The van der Waals surface area contributed by atoms with Gasteiger partial charge in [-0.25, -0.2) is 0 Å². The molecule has 1 heterocycles. The van der Waals surface area contributed by atoms with Crippen LogP contribution in [-0.4, -0.2) is 15.4 Å². The van der Waals surface area contributed by atoms with Gasteiger partial charge in [0.1, 0.15) is 0 Å². The Labute approximate surface area is 199 Å². The van der Waals surface area contributed by atoms with Gasteiger partial charge in [0.2, 0.25) is 0 Å². The van der Waals surface area contributed by atoms with E-state index in [9.17, 15) is 4.21 Å². The molecule has 2 nitrogen and oxygen atoms in total. The average Bonchev–Trinajstić information content (AvgIpc) is 3.28. The Kier molecular flexibility index (Phi) is 4.18. The summed E-state index contributed by atoms with van der Waals surface area (Å²) in [5.74, 6) is 0. The van der Waals surface area contributed by atoms with Gasteiger partial charge in [0.15, 0.2) is 0 Å². The predicted octanol–water partition coefficient (Wildman–Crippen LogP) is 8.19. The number of benzene rings is 6. The number of aromatic amines is 1. The van der Waals surface area contributed by atoms with Crippen molar-refractivity contribution in [2.45, 2.75) is 4.90 Å². The largest absolute Gasteiger partial charge is 0.354 e. The van der Waals surface area contributed by atoms with Gasteiger partial charge in [0.05, 0.1) is 16.3 Å².